The third-order valence-electron chi connectivity index (χ3n) is 3.61. The molecule has 1 aliphatic rings. The van der Waals surface area contributed by atoms with Crippen LogP contribution in [-0.2, 0) is 6.42 Å². The third kappa shape index (κ3) is 4.34. The summed E-state index contributed by atoms with van der Waals surface area (Å²) in [6.45, 7) is 4.06. The highest BCUT2D eigenvalue weighted by Gasteiger charge is 2.14. The average molecular weight is 288 g/mol. The monoisotopic (exact) mass is 288 g/mol. The highest BCUT2D eigenvalue weighted by molar-refractivity contribution is 5.87. The van der Waals surface area contributed by atoms with Gasteiger partial charge >= 0.3 is 12.0 Å². The Balaban J connectivity index is 1.76. The fraction of sp³-hybridized carbons (Fsp3) is 0.375. The van der Waals surface area contributed by atoms with Gasteiger partial charge in [0, 0.05) is 19.6 Å². The number of aromatic carboxylic acids is 1. The maximum atomic E-state index is 11.9. The van der Waals surface area contributed by atoms with Crippen molar-refractivity contribution in [3.8, 4) is 0 Å². The van der Waals surface area contributed by atoms with Crippen molar-refractivity contribution in [3.05, 3.63) is 47.0 Å². The number of hydrogen-bond acceptors (Lipinski definition) is 2. The minimum atomic E-state index is -0.928. The summed E-state index contributed by atoms with van der Waals surface area (Å²) in [5.74, 6) is -0.928. The average Bonchev–Trinajstić information content (AvgIpc) is 2.48. The van der Waals surface area contributed by atoms with Gasteiger partial charge in [-0.25, -0.2) is 9.59 Å². The summed E-state index contributed by atoms with van der Waals surface area (Å²) in [6.07, 6.45) is 3.70. The van der Waals surface area contributed by atoms with E-state index >= 15 is 0 Å². The molecule has 1 heterocycles. The molecule has 2 N–H and O–H groups in total. The molecular formula is C16H20N2O3. The van der Waals surface area contributed by atoms with E-state index in [0.29, 0.717) is 19.5 Å². The number of nitrogens with one attached hydrogen (secondary N) is 1. The van der Waals surface area contributed by atoms with Gasteiger partial charge in [0.25, 0.3) is 0 Å². The van der Waals surface area contributed by atoms with Crippen molar-refractivity contribution < 1.29 is 14.7 Å². The molecule has 0 fully saturated rings. The lowest BCUT2D eigenvalue weighted by molar-refractivity contribution is 0.0697. The van der Waals surface area contributed by atoms with E-state index in [-0.39, 0.29) is 11.6 Å². The summed E-state index contributed by atoms with van der Waals surface area (Å²) < 4.78 is 0. The quantitative estimate of drug-likeness (QED) is 0.835. The number of amides is 2. The van der Waals surface area contributed by atoms with Gasteiger partial charge in [-0.1, -0.05) is 23.8 Å². The van der Waals surface area contributed by atoms with Crippen molar-refractivity contribution in [2.24, 2.45) is 0 Å². The predicted molar refractivity (Wildman–Crippen MR) is 80.5 cm³/mol. The molecule has 0 unspecified atom stereocenters. The lowest BCUT2D eigenvalue weighted by atomic mass is 10.1. The van der Waals surface area contributed by atoms with E-state index in [4.69, 9.17) is 5.11 Å². The first kappa shape index (κ1) is 15.1. The number of urea groups is 1. The minimum Gasteiger partial charge on any atom is -0.478 e. The maximum absolute atomic E-state index is 11.9. The van der Waals surface area contributed by atoms with Crippen LogP contribution >= 0.6 is 0 Å². The molecule has 0 saturated heterocycles. The molecule has 0 bridgehead atoms. The normalized spacial score (nSPS) is 14.5. The number of rotatable bonds is 4. The Bertz CT molecular complexity index is 549. The summed E-state index contributed by atoms with van der Waals surface area (Å²) in [5.41, 5.74) is 2.62. The van der Waals surface area contributed by atoms with Gasteiger partial charge in [0.15, 0.2) is 0 Å². The van der Waals surface area contributed by atoms with Crippen LogP contribution in [0, 0.1) is 0 Å². The number of carbonyl (C=O) groups excluding carboxylic acids is 1. The second-order valence-corrected chi connectivity index (χ2v) is 5.23. The molecule has 112 valence electrons. The molecule has 2 rings (SSSR count). The fourth-order valence-corrected chi connectivity index (χ4v) is 2.19. The van der Waals surface area contributed by atoms with E-state index in [2.05, 4.69) is 18.3 Å². The molecule has 5 heteroatoms. The summed E-state index contributed by atoms with van der Waals surface area (Å²) >= 11 is 0. The first-order valence-corrected chi connectivity index (χ1v) is 7.07. The third-order valence-corrected chi connectivity index (χ3v) is 3.61. The first-order valence-electron chi connectivity index (χ1n) is 7.07. The lowest BCUT2D eigenvalue weighted by Crippen LogP contribution is -2.42. The van der Waals surface area contributed by atoms with Crippen LogP contribution in [0.4, 0.5) is 4.79 Å². The van der Waals surface area contributed by atoms with Crippen molar-refractivity contribution >= 4 is 12.0 Å². The van der Waals surface area contributed by atoms with Crippen LogP contribution in [0.25, 0.3) is 0 Å². The Kier molecular flexibility index (Phi) is 4.98. The Labute approximate surface area is 124 Å². The molecule has 0 aromatic heterocycles. The molecule has 1 aliphatic heterocycles. The van der Waals surface area contributed by atoms with Crippen LogP contribution in [0.3, 0.4) is 0 Å². The zero-order chi connectivity index (χ0) is 15.2. The second-order valence-electron chi connectivity index (χ2n) is 5.23. The van der Waals surface area contributed by atoms with Crippen molar-refractivity contribution in [1.82, 2.24) is 10.2 Å². The van der Waals surface area contributed by atoms with E-state index in [9.17, 15) is 9.59 Å². The zero-order valence-electron chi connectivity index (χ0n) is 12.1. The van der Waals surface area contributed by atoms with Gasteiger partial charge in [-0.15, -0.1) is 0 Å². The second kappa shape index (κ2) is 6.92. The van der Waals surface area contributed by atoms with E-state index in [1.54, 1.807) is 29.2 Å². The van der Waals surface area contributed by atoms with E-state index in [0.717, 1.165) is 18.5 Å². The van der Waals surface area contributed by atoms with Gasteiger partial charge in [0.05, 0.1) is 5.56 Å². The fourth-order valence-electron chi connectivity index (χ4n) is 2.19. The molecule has 0 atom stereocenters. The SMILES string of the molecule is CC1=CCN(C(=O)NCCc2ccc(C(=O)O)cc2)CC1. The number of carboxylic acids is 1. The summed E-state index contributed by atoms with van der Waals surface area (Å²) in [4.78, 5) is 24.5. The van der Waals surface area contributed by atoms with Gasteiger partial charge in [0.2, 0.25) is 0 Å². The largest absolute Gasteiger partial charge is 0.478 e. The molecule has 0 saturated carbocycles. The molecule has 0 radical (unpaired) electrons. The lowest BCUT2D eigenvalue weighted by Gasteiger charge is -2.25. The molecule has 2 amide bonds. The number of carboxylic acid groups (broad SMARTS) is 1. The van der Waals surface area contributed by atoms with Gasteiger partial charge in [0.1, 0.15) is 0 Å². The summed E-state index contributed by atoms with van der Waals surface area (Å²) in [7, 11) is 0. The van der Waals surface area contributed by atoms with Crippen LogP contribution in [0.5, 0.6) is 0 Å². The molecule has 5 nitrogen and oxygen atoms in total. The summed E-state index contributed by atoms with van der Waals surface area (Å²) in [6, 6.07) is 6.68. The topological polar surface area (TPSA) is 69.6 Å². The van der Waals surface area contributed by atoms with E-state index in [1.165, 1.54) is 5.57 Å². The minimum absolute atomic E-state index is 0.0408. The van der Waals surface area contributed by atoms with Crippen molar-refractivity contribution in [2.75, 3.05) is 19.6 Å². The molecule has 21 heavy (non-hydrogen) atoms. The van der Waals surface area contributed by atoms with Crippen molar-refractivity contribution in [1.29, 1.82) is 0 Å². The van der Waals surface area contributed by atoms with Gasteiger partial charge in [-0.2, -0.15) is 0 Å². The smallest absolute Gasteiger partial charge is 0.335 e. The zero-order valence-corrected chi connectivity index (χ0v) is 12.1. The van der Waals surface area contributed by atoms with Crippen LogP contribution in [-0.4, -0.2) is 41.6 Å². The van der Waals surface area contributed by atoms with Crippen LogP contribution in [0.15, 0.2) is 35.9 Å². The van der Waals surface area contributed by atoms with Crippen molar-refractivity contribution in [2.45, 2.75) is 19.8 Å². The molecule has 1 aromatic rings. The number of carbonyl (C=O) groups is 2. The van der Waals surface area contributed by atoms with Crippen LogP contribution in [0.1, 0.15) is 29.3 Å². The summed E-state index contributed by atoms with van der Waals surface area (Å²) in [5, 5.41) is 11.7. The first-order chi connectivity index (χ1) is 10.1. The van der Waals surface area contributed by atoms with Gasteiger partial charge in [-0.3, -0.25) is 0 Å². The van der Waals surface area contributed by atoms with Crippen LogP contribution in [0.2, 0.25) is 0 Å². The Hall–Kier alpha value is -2.30. The molecular weight excluding hydrogens is 268 g/mol. The Morgan fingerprint density at radius 2 is 2.00 bits per heavy atom. The molecule has 1 aromatic carbocycles. The highest BCUT2D eigenvalue weighted by atomic mass is 16.4. The highest BCUT2D eigenvalue weighted by Crippen LogP contribution is 2.09. The van der Waals surface area contributed by atoms with Gasteiger partial charge in [-0.05, 0) is 37.5 Å². The molecule has 0 spiro atoms. The Morgan fingerprint density at radius 1 is 1.29 bits per heavy atom. The van der Waals surface area contributed by atoms with Crippen LogP contribution < -0.4 is 5.32 Å². The number of hydrogen-bond donors (Lipinski definition) is 2. The van der Waals surface area contributed by atoms with Crippen molar-refractivity contribution in [3.63, 3.8) is 0 Å². The van der Waals surface area contributed by atoms with E-state index < -0.39 is 5.97 Å². The Morgan fingerprint density at radius 3 is 2.57 bits per heavy atom. The number of benzene rings is 1. The predicted octanol–water partition coefficient (Wildman–Crippen LogP) is 2.29. The van der Waals surface area contributed by atoms with E-state index in [1.807, 2.05) is 0 Å². The van der Waals surface area contributed by atoms with Gasteiger partial charge < -0.3 is 15.3 Å². The standard InChI is InChI=1S/C16H20N2O3/c1-12-7-10-18(11-8-12)16(21)17-9-6-13-2-4-14(5-3-13)15(19)20/h2-5,7H,6,8-11H2,1H3,(H,17,21)(H,19,20). The maximum Gasteiger partial charge on any atom is 0.335 e. The number of nitrogens with zero attached hydrogens (tertiary/aromatic N) is 1. The molecule has 0 aliphatic carbocycles.